The minimum Gasteiger partial charge on any atom is -0.477 e. The van der Waals surface area contributed by atoms with Gasteiger partial charge in [-0.2, -0.15) is 0 Å². The summed E-state index contributed by atoms with van der Waals surface area (Å²) < 4.78 is 5.59. The fourth-order valence-corrected chi connectivity index (χ4v) is 1.82. The third-order valence-electron chi connectivity index (χ3n) is 3.01. The summed E-state index contributed by atoms with van der Waals surface area (Å²) >= 11 is 0. The Labute approximate surface area is 118 Å². The smallest absolute Gasteiger partial charge is 0.341 e. The lowest BCUT2D eigenvalue weighted by Gasteiger charge is -2.18. The first kappa shape index (κ1) is 14.3. The summed E-state index contributed by atoms with van der Waals surface area (Å²) in [5, 5.41) is 10.1. The molecule has 0 aliphatic rings. The molecular weight excluding hydrogens is 254 g/mol. The summed E-state index contributed by atoms with van der Waals surface area (Å²) in [5.41, 5.74) is 0.987. The Morgan fingerprint density at radius 3 is 2.65 bits per heavy atom. The predicted molar refractivity (Wildman–Crippen MR) is 78.3 cm³/mol. The van der Waals surface area contributed by atoms with E-state index in [1.54, 1.807) is 6.07 Å². The Kier molecular flexibility index (Phi) is 3.93. The number of para-hydroxylation sites is 1. The molecule has 106 valence electrons. The van der Waals surface area contributed by atoms with E-state index in [1.807, 2.05) is 24.3 Å². The van der Waals surface area contributed by atoms with E-state index in [0.717, 1.165) is 17.3 Å². The van der Waals surface area contributed by atoms with Crippen molar-refractivity contribution in [2.75, 3.05) is 6.61 Å². The Hall–Kier alpha value is -2.10. The van der Waals surface area contributed by atoms with Crippen LogP contribution < -0.4 is 4.74 Å². The molecule has 0 atom stereocenters. The molecule has 2 aromatic rings. The minimum atomic E-state index is -1.02. The molecule has 0 saturated heterocycles. The number of aromatic carboxylic acids is 1. The van der Waals surface area contributed by atoms with Gasteiger partial charge in [-0.1, -0.05) is 39.0 Å². The number of hydrogen-bond donors (Lipinski definition) is 1. The molecule has 0 fully saturated rings. The van der Waals surface area contributed by atoms with Crippen LogP contribution in [0.2, 0.25) is 0 Å². The van der Waals surface area contributed by atoms with Crippen molar-refractivity contribution in [1.29, 1.82) is 0 Å². The molecule has 2 rings (SSSR count). The number of carbonyl (C=O) groups is 1. The van der Waals surface area contributed by atoms with Crippen LogP contribution in [0, 0.1) is 5.41 Å². The Morgan fingerprint density at radius 1 is 1.30 bits per heavy atom. The molecule has 0 amide bonds. The topological polar surface area (TPSA) is 59.4 Å². The standard InChI is InChI=1S/C16H19NO3/c1-16(2,3)8-9-20-14-12(15(18)19)10-11-6-4-5-7-13(11)17-14/h4-7,10H,8-9H2,1-3H3,(H,18,19). The lowest BCUT2D eigenvalue weighted by molar-refractivity contribution is 0.0691. The van der Waals surface area contributed by atoms with Gasteiger partial charge in [-0.25, -0.2) is 9.78 Å². The zero-order chi connectivity index (χ0) is 14.8. The summed E-state index contributed by atoms with van der Waals surface area (Å²) in [6, 6.07) is 9.02. The molecule has 0 aliphatic heterocycles. The maximum atomic E-state index is 11.3. The van der Waals surface area contributed by atoms with Crippen molar-refractivity contribution in [3.8, 4) is 5.88 Å². The molecule has 1 heterocycles. The van der Waals surface area contributed by atoms with Crippen LogP contribution in [-0.2, 0) is 0 Å². The zero-order valence-corrected chi connectivity index (χ0v) is 12.0. The second-order valence-corrected chi connectivity index (χ2v) is 6.00. The number of fused-ring (bicyclic) bond motifs is 1. The van der Waals surface area contributed by atoms with Gasteiger partial charge in [0.1, 0.15) is 5.56 Å². The summed E-state index contributed by atoms with van der Waals surface area (Å²) in [6.45, 7) is 6.79. The fourth-order valence-electron chi connectivity index (χ4n) is 1.82. The number of aromatic nitrogens is 1. The van der Waals surface area contributed by atoms with Crippen LogP contribution in [0.5, 0.6) is 5.88 Å². The number of rotatable bonds is 4. The van der Waals surface area contributed by atoms with Gasteiger partial charge in [0.05, 0.1) is 12.1 Å². The van der Waals surface area contributed by atoms with Gasteiger partial charge in [0.2, 0.25) is 5.88 Å². The van der Waals surface area contributed by atoms with Gasteiger partial charge < -0.3 is 9.84 Å². The quantitative estimate of drug-likeness (QED) is 0.921. The van der Waals surface area contributed by atoms with Crippen LogP contribution in [0.4, 0.5) is 0 Å². The second-order valence-electron chi connectivity index (χ2n) is 6.00. The van der Waals surface area contributed by atoms with Crippen molar-refractivity contribution < 1.29 is 14.6 Å². The summed E-state index contributed by atoms with van der Waals surface area (Å²) in [5.74, 6) is -0.825. The van der Waals surface area contributed by atoms with Gasteiger partial charge in [-0.15, -0.1) is 0 Å². The van der Waals surface area contributed by atoms with Gasteiger partial charge in [-0.05, 0) is 24.0 Å². The van der Waals surface area contributed by atoms with Crippen LogP contribution in [0.25, 0.3) is 10.9 Å². The highest BCUT2D eigenvalue weighted by atomic mass is 16.5. The van der Waals surface area contributed by atoms with Gasteiger partial charge in [0, 0.05) is 5.39 Å². The third-order valence-corrected chi connectivity index (χ3v) is 3.01. The first-order valence-corrected chi connectivity index (χ1v) is 6.63. The average Bonchev–Trinajstić information content (AvgIpc) is 2.36. The number of ether oxygens (including phenoxy) is 1. The van der Waals surface area contributed by atoms with E-state index < -0.39 is 5.97 Å². The van der Waals surface area contributed by atoms with Crippen molar-refractivity contribution in [3.05, 3.63) is 35.9 Å². The summed E-state index contributed by atoms with van der Waals surface area (Å²) in [7, 11) is 0. The van der Waals surface area contributed by atoms with Gasteiger partial charge >= 0.3 is 5.97 Å². The Bertz CT molecular complexity index is 629. The highest BCUT2D eigenvalue weighted by molar-refractivity contribution is 5.95. The van der Waals surface area contributed by atoms with E-state index in [2.05, 4.69) is 25.8 Å². The number of hydrogen-bond acceptors (Lipinski definition) is 3. The molecule has 4 heteroatoms. The first-order valence-electron chi connectivity index (χ1n) is 6.63. The molecule has 0 saturated carbocycles. The molecule has 0 aliphatic carbocycles. The van der Waals surface area contributed by atoms with Crippen LogP contribution in [0.15, 0.2) is 30.3 Å². The largest absolute Gasteiger partial charge is 0.477 e. The molecule has 1 aromatic carbocycles. The monoisotopic (exact) mass is 273 g/mol. The lowest BCUT2D eigenvalue weighted by atomic mass is 9.93. The lowest BCUT2D eigenvalue weighted by Crippen LogP contribution is -2.13. The molecular formula is C16H19NO3. The maximum absolute atomic E-state index is 11.3. The van der Waals surface area contributed by atoms with E-state index in [4.69, 9.17) is 4.74 Å². The number of nitrogens with zero attached hydrogens (tertiary/aromatic N) is 1. The minimum absolute atomic E-state index is 0.109. The number of pyridine rings is 1. The van der Waals surface area contributed by atoms with Gasteiger partial charge in [0.25, 0.3) is 0 Å². The van der Waals surface area contributed by atoms with E-state index in [1.165, 1.54) is 0 Å². The van der Waals surface area contributed by atoms with Crippen molar-refractivity contribution in [1.82, 2.24) is 4.98 Å². The van der Waals surface area contributed by atoms with Crippen molar-refractivity contribution in [2.45, 2.75) is 27.2 Å². The molecule has 0 spiro atoms. The van der Waals surface area contributed by atoms with E-state index in [-0.39, 0.29) is 16.9 Å². The normalized spacial score (nSPS) is 11.6. The Balaban J connectivity index is 2.30. The van der Waals surface area contributed by atoms with Crippen molar-refractivity contribution in [3.63, 3.8) is 0 Å². The summed E-state index contributed by atoms with van der Waals surface area (Å²) in [4.78, 5) is 15.6. The van der Waals surface area contributed by atoms with Gasteiger partial charge in [0.15, 0.2) is 0 Å². The van der Waals surface area contributed by atoms with Crippen LogP contribution >= 0.6 is 0 Å². The fraction of sp³-hybridized carbons (Fsp3) is 0.375. The third kappa shape index (κ3) is 3.47. The average molecular weight is 273 g/mol. The second kappa shape index (κ2) is 5.49. The van der Waals surface area contributed by atoms with Crippen LogP contribution in [-0.4, -0.2) is 22.7 Å². The van der Waals surface area contributed by atoms with E-state index in [0.29, 0.717) is 6.61 Å². The van der Waals surface area contributed by atoms with E-state index in [9.17, 15) is 9.90 Å². The van der Waals surface area contributed by atoms with Crippen molar-refractivity contribution >= 4 is 16.9 Å². The molecule has 1 N–H and O–H groups in total. The SMILES string of the molecule is CC(C)(C)CCOc1nc2ccccc2cc1C(=O)O. The number of benzene rings is 1. The molecule has 0 unspecified atom stereocenters. The molecule has 0 bridgehead atoms. The number of carboxylic acids is 1. The highest BCUT2D eigenvalue weighted by Gasteiger charge is 2.16. The molecule has 1 aromatic heterocycles. The van der Waals surface area contributed by atoms with Gasteiger partial charge in [-0.3, -0.25) is 0 Å². The predicted octanol–water partition coefficient (Wildman–Crippen LogP) is 3.75. The van der Waals surface area contributed by atoms with E-state index >= 15 is 0 Å². The molecule has 20 heavy (non-hydrogen) atoms. The first-order chi connectivity index (χ1) is 9.37. The molecule has 0 radical (unpaired) electrons. The molecule has 4 nitrogen and oxygen atoms in total. The van der Waals surface area contributed by atoms with Crippen LogP contribution in [0.1, 0.15) is 37.6 Å². The zero-order valence-electron chi connectivity index (χ0n) is 12.0. The Morgan fingerprint density at radius 2 is 2.00 bits per heavy atom. The highest BCUT2D eigenvalue weighted by Crippen LogP contribution is 2.24. The number of carboxylic acid groups (broad SMARTS) is 1. The van der Waals surface area contributed by atoms with Crippen molar-refractivity contribution in [2.24, 2.45) is 5.41 Å². The summed E-state index contributed by atoms with van der Waals surface area (Å²) in [6.07, 6.45) is 0.834. The maximum Gasteiger partial charge on any atom is 0.341 e. The van der Waals surface area contributed by atoms with Crippen LogP contribution in [0.3, 0.4) is 0 Å².